The summed E-state index contributed by atoms with van der Waals surface area (Å²) < 4.78 is 0. The summed E-state index contributed by atoms with van der Waals surface area (Å²) in [5.74, 6) is 0. The molecule has 0 radical (unpaired) electrons. The van der Waals surface area contributed by atoms with Gasteiger partial charge >= 0.3 is 0 Å². The lowest BCUT2D eigenvalue weighted by Crippen LogP contribution is -1.97. The molecule has 1 heterocycles. The van der Waals surface area contributed by atoms with Crippen molar-refractivity contribution < 1.29 is 0 Å². The van der Waals surface area contributed by atoms with Gasteiger partial charge in [-0.2, -0.15) is 0 Å². The first-order valence-corrected chi connectivity index (χ1v) is 8.13. The van der Waals surface area contributed by atoms with Crippen LogP contribution in [0.1, 0.15) is 4.88 Å². The van der Waals surface area contributed by atoms with E-state index in [0.29, 0.717) is 10.0 Å². The Labute approximate surface area is 138 Å². The second-order valence-corrected chi connectivity index (χ2v) is 6.62. The second-order valence-electron chi connectivity index (χ2n) is 4.61. The summed E-state index contributed by atoms with van der Waals surface area (Å²) in [6, 6.07) is 20.1. The van der Waals surface area contributed by atoms with Gasteiger partial charge in [-0.1, -0.05) is 53.5 Å². The van der Waals surface area contributed by atoms with Gasteiger partial charge in [0.15, 0.2) is 0 Å². The number of hydrogen-bond donors (Lipinski definition) is 1. The van der Waals surface area contributed by atoms with E-state index in [1.807, 2.05) is 12.1 Å². The Morgan fingerprint density at radius 2 is 1.71 bits per heavy atom. The molecule has 0 amide bonds. The average Bonchev–Trinajstić information content (AvgIpc) is 2.98. The highest BCUT2D eigenvalue weighted by molar-refractivity contribution is 7.15. The number of anilines is 1. The first kappa shape index (κ1) is 14.5. The van der Waals surface area contributed by atoms with E-state index in [4.69, 9.17) is 23.2 Å². The third-order valence-corrected chi connectivity index (χ3v) is 4.80. The van der Waals surface area contributed by atoms with E-state index in [1.165, 1.54) is 15.3 Å². The van der Waals surface area contributed by atoms with Gasteiger partial charge in [-0.15, -0.1) is 11.3 Å². The molecule has 0 spiro atoms. The van der Waals surface area contributed by atoms with Gasteiger partial charge in [-0.3, -0.25) is 0 Å². The number of hydrogen-bond acceptors (Lipinski definition) is 2. The topological polar surface area (TPSA) is 12.0 Å². The summed E-state index contributed by atoms with van der Waals surface area (Å²) in [5, 5.41) is 4.69. The highest BCUT2D eigenvalue weighted by Gasteiger charge is 2.04. The Morgan fingerprint density at radius 1 is 0.905 bits per heavy atom. The summed E-state index contributed by atoms with van der Waals surface area (Å²) in [5.41, 5.74) is 2.10. The standard InChI is InChI=1S/C17H13Cl2NS/c18-13-6-8-15(19)16(10-13)20-11-14-7-9-17(21-14)12-4-2-1-3-5-12/h1-10,20H,11H2. The molecule has 0 saturated heterocycles. The molecule has 4 heteroatoms. The molecule has 0 aliphatic rings. The fourth-order valence-corrected chi connectivity index (χ4v) is 3.36. The van der Waals surface area contributed by atoms with Crippen molar-refractivity contribution in [3.63, 3.8) is 0 Å². The minimum Gasteiger partial charge on any atom is -0.379 e. The van der Waals surface area contributed by atoms with Crippen LogP contribution in [-0.2, 0) is 6.54 Å². The van der Waals surface area contributed by atoms with Crippen molar-refractivity contribution in [3.05, 3.63) is 75.6 Å². The van der Waals surface area contributed by atoms with Gasteiger partial charge in [0.25, 0.3) is 0 Å². The van der Waals surface area contributed by atoms with Gasteiger partial charge < -0.3 is 5.32 Å². The monoisotopic (exact) mass is 333 g/mol. The van der Waals surface area contributed by atoms with Crippen LogP contribution in [0.2, 0.25) is 10.0 Å². The fourth-order valence-electron chi connectivity index (χ4n) is 2.05. The van der Waals surface area contributed by atoms with Crippen molar-refractivity contribution in [1.82, 2.24) is 0 Å². The SMILES string of the molecule is Clc1ccc(Cl)c(NCc2ccc(-c3ccccc3)s2)c1. The zero-order chi connectivity index (χ0) is 14.7. The fraction of sp³-hybridized carbons (Fsp3) is 0.0588. The quantitative estimate of drug-likeness (QED) is 0.587. The molecular weight excluding hydrogens is 321 g/mol. The van der Waals surface area contributed by atoms with Gasteiger partial charge in [0.05, 0.1) is 10.7 Å². The smallest absolute Gasteiger partial charge is 0.0638 e. The van der Waals surface area contributed by atoms with Crippen molar-refractivity contribution in [2.45, 2.75) is 6.54 Å². The molecule has 3 rings (SSSR count). The molecule has 1 nitrogen and oxygen atoms in total. The van der Waals surface area contributed by atoms with Crippen LogP contribution in [0.4, 0.5) is 5.69 Å². The van der Waals surface area contributed by atoms with Crippen LogP contribution < -0.4 is 5.32 Å². The summed E-state index contributed by atoms with van der Waals surface area (Å²) in [6.07, 6.45) is 0. The van der Waals surface area contributed by atoms with Crippen molar-refractivity contribution in [3.8, 4) is 10.4 Å². The lowest BCUT2D eigenvalue weighted by molar-refractivity contribution is 1.19. The molecule has 3 aromatic rings. The summed E-state index contributed by atoms with van der Waals surface area (Å²) in [4.78, 5) is 2.52. The molecule has 0 unspecified atom stereocenters. The maximum absolute atomic E-state index is 6.15. The van der Waals surface area contributed by atoms with Crippen LogP contribution in [0, 0.1) is 0 Å². The average molecular weight is 334 g/mol. The largest absolute Gasteiger partial charge is 0.379 e. The summed E-state index contributed by atoms with van der Waals surface area (Å²) in [6.45, 7) is 0.734. The Balaban J connectivity index is 1.72. The third-order valence-electron chi connectivity index (χ3n) is 3.10. The van der Waals surface area contributed by atoms with E-state index >= 15 is 0 Å². The van der Waals surface area contributed by atoms with Crippen molar-refractivity contribution in [1.29, 1.82) is 0 Å². The lowest BCUT2D eigenvalue weighted by atomic mass is 10.2. The third kappa shape index (κ3) is 3.59. The summed E-state index contributed by atoms with van der Waals surface area (Å²) >= 11 is 13.9. The minimum atomic E-state index is 0.679. The first-order chi connectivity index (χ1) is 10.2. The predicted octanol–water partition coefficient (Wildman–Crippen LogP) is 6.33. The molecule has 2 aromatic carbocycles. The van der Waals surface area contributed by atoms with E-state index in [0.717, 1.165) is 12.2 Å². The first-order valence-electron chi connectivity index (χ1n) is 6.55. The number of benzene rings is 2. The van der Waals surface area contributed by atoms with E-state index in [-0.39, 0.29) is 0 Å². The van der Waals surface area contributed by atoms with E-state index < -0.39 is 0 Å². The van der Waals surface area contributed by atoms with Crippen molar-refractivity contribution in [2.24, 2.45) is 0 Å². The Hall–Kier alpha value is -1.48. The van der Waals surface area contributed by atoms with E-state index in [2.05, 4.69) is 41.7 Å². The normalized spacial score (nSPS) is 10.6. The number of halogens is 2. The van der Waals surface area contributed by atoms with Crippen LogP contribution in [0.15, 0.2) is 60.7 Å². The zero-order valence-corrected chi connectivity index (χ0v) is 13.5. The van der Waals surface area contributed by atoms with Crippen LogP contribution >= 0.6 is 34.5 Å². The van der Waals surface area contributed by atoms with Gasteiger partial charge in [0.2, 0.25) is 0 Å². The van der Waals surface area contributed by atoms with Crippen LogP contribution in [0.3, 0.4) is 0 Å². The van der Waals surface area contributed by atoms with Crippen LogP contribution in [0.25, 0.3) is 10.4 Å². The number of rotatable bonds is 4. The maximum atomic E-state index is 6.15. The maximum Gasteiger partial charge on any atom is 0.0638 e. The van der Waals surface area contributed by atoms with Gasteiger partial charge in [-0.25, -0.2) is 0 Å². The van der Waals surface area contributed by atoms with Gasteiger partial charge in [-0.05, 0) is 35.9 Å². The zero-order valence-electron chi connectivity index (χ0n) is 11.1. The number of thiophene rings is 1. The predicted molar refractivity (Wildman–Crippen MR) is 93.5 cm³/mol. The van der Waals surface area contributed by atoms with Crippen molar-refractivity contribution in [2.75, 3.05) is 5.32 Å². The molecule has 0 bridgehead atoms. The molecular formula is C17H13Cl2NS. The van der Waals surface area contributed by atoms with E-state index in [1.54, 1.807) is 23.5 Å². The number of nitrogens with one attached hydrogen (secondary N) is 1. The molecule has 0 atom stereocenters. The highest BCUT2D eigenvalue weighted by atomic mass is 35.5. The molecule has 0 fully saturated rings. The highest BCUT2D eigenvalue weighted by Crippen LogP contribution is 2.30. The molecule has 21 heavy (non-hydrogen) atoms. The van der Waals surface area contributed by atoms with Crippen LogP contribution in [0.5, 0.6) is 0 Å². The molecule has 1 aromatic heterocycles. The second kappa shape index (κ2) is 6.52. The molecule has 1 N–H and O–H groups in total. The molecule has 0 saturated carbocycles. The summed E-state index contributed by atoms with van der Waals surface area (Å²) in [7, 11) is 0. The minimum absolute atomic E-state index is 0.679. The van der Waals surface area contributed by atoms with Gasteiger partial charge in [0, 0.05) is 21.3 Å². The Bertz CT molecular complexity index is 738. The van der Waals surface area contributed by atoms with Crippen molar-refractivity contribution >= 4 is 40.2 Å². The molecule has 0 aliphatic heterocycles. The molecule has 106 valence electrons. The Kier molecular flexibility index (Phi) is 4.49. The molecule has 0 aliphatic carbocycles. The van der Waals surface area contributed by atoms with Gasteiger partial charge in [0.1, 0.15) is 0 Å². The lowest BCUT2D eigenvalue weighted by Gasteiger charge is -2.07. The van der Waals surface area contributed by atoms with Crippen LogP contribution in [-0.4, -0.2) is 0 Å². The Morgan fingerprint density at radius 3 is 2.52 bits per heavy atom. The van der Waals surface area contributed by atoms with E-state index in [9.17, 15) is 0 Å².